The van der Waals surface area contributed by atoms with E-state index < -0.39 is 0 Å². The van der Waals surface area contributed by atoms with Crippen LogP contribution in [0, 0.1) is 0 Å². The number of aryl methyl sites for hydroxylation is 1. The fourth-order valence-electron chi connectivity index (χ4n) is 2.42. The van der Waals surface area contributed by atoms with Crippen molar-refractivity contribution < 1.29 is 4.74 Å². The molecule has 0 aliphatic rings. The average Bonchev–Trinajstić information content (AvgIpc) is 2.67. The Hall–Kier alpha value is -2.58. The van der Waals surface area contributed by atoms with Crippen LogP contribution in [0.2, 0.25) is 5.02 Å². The lowest BCUT2D eigenvalue weighted by Crippen LogP contribution is -1.98. The molecule has 0 saturated heterocycles. The maximum Gasteiger partial charge on any atom is 0.128 e. The van der Waals surface area contributed by atoms with Crippen molar-refractivity contribution >= 4 is 23.5 Å². The molecule has 3 aromatic carbocycles. The van der Waals surface area contributed by atoms with Gasteiger partial charge in [-0.25, -0.2) is 0 Å². The predicted octanol–water partition coefficient (Wildman–Crippen LogP) is 6.23. The number of aliphatic imine (C=N–C) groups is 1. The van der Waals surface area contributed by atoms with Gasteiger partial charge in [0.05, 0.1) is 5.69 Å². The molecule has 25 heavy (non-hydrogen) atoms. The van der Waals surface area contributed by atoms with Crippen LogP contribution in [0.15, 0.2) is 77.8 Å². The number of rotatable bonds is 6. The van der Waals surface area contributed by atoms with E-state index in [1.54, 1.807) is 0 Å². The first-order valence-corrected chi connectivity index (χ1v) is 8.71. The molecule has 0 N–H and O–H groups in total. The number of nitrogens with zero attached hydrogens (tertiary/aromatic N) is 1. The summed E-state index contributed by atoms with van der Waals surface area (Å²) in [6.07, 6.45) is 2.88. The van der Waals surface area contributed by atoms with Crippen LogP contribution in [0.4, 0.5) is 5.69 Å². The maximum absolute atomic E-state index is 5.95. The lowest BCUT2D eigenvalue weighted by Gasteiger charge is -2.09. The zero-order chi connectivity index (χ0) is 17.5. The Morgan fingerprint density at radius 1 is 0.880 bits per heavy atom. The molecule has 0 aromatic heterocycles. The molecule has 126 valence electrons. The van der Waals surface area contributed by atoms with Crippen LogP contribution in [-0.2, 0) is 13.0 Å². The lowest BCUT2D eigenvalue weighted by molar-refractivity contribution is 0.306. The van der Waals surface area contributed by atoms with Crippen LogP contribution >= 0.6 is 11.6 Å². The Morgan fingerprint density at radius 3 is 2.28 bits per heavy atom. The lowest BCUT2D eigenvalue weighted by atomic mass is 10.1. The van der Waals surface area contributed by atoms with Gasteiger partial charge in [0.1, 0.15) is 12.4 Å². The second kappa shape index (κ2) is 8.50. The third-order valence-corrected chi connectivity index (χ3v) is 4.18. The third-order valence-electron chi connectivity index (χ3n) is 3.92. The van der Waals surface area contributed by atoms with Crippen LogP contribution in [0.25, 0.3) is 0 Å². The van der Waals surface area contributed by atoms with E-state index in [0.29, 0.717) is 6.61 Å². The van der Waals surface area contributed by atoms with Crippen molar-refractivity contribution in [1.29, 1.82) is 0 Å². The molecule has 0 aliphatic heterocycles. The van der Waals surface area contributed by atoms with E-state index in [9.17, 15) is 0 Å². The number of hydrogen-bond acceptors (Lipinski definition) is 2. The molecule has 3 heteroatoms. The minimum Gasteiger partial charge on any atom is -0.488 e. The summed E-state index contributed by atoms with van der Waals surface area (Å²) >= 11 is 5.91. The quantitative estimate of drug-likeness (QED) is 0.483. The Morgan fingerprint density at radius 2 is 1.56 bits per heavy atom. The van der Waals surface area contributed by atoms with E-state index in [1.807, 2.05) is 66.9 Å². The van der Waals surface area contributed by atoms with Crippen LogP contribution in [0.1, 0.15) is 23.6 Å². The van der Waals surface area contributed by atoms with Gasteiger partial charge in [0, 0.05) is 16.8 Å². The minimum absolute atomic E-state index is 0.493. The molecule has 0 bridgehead atoms. The summed E-state index contributed by atoms with van der Waals surface area (Å²) in [6.45, 7) is 2.64. The molecule has 0 radical (unpaired) electrons. The molecule has 0 atom stereocenters. The Bertz CT molecular complexity index is 839. The summed E-state index contributed by atoms with van der Waals surface area (Å²) in [5.41, 5.74) is 4.28. The van der Waals surface area contributed by atoms with Gasteiger partial charge in [-0.2, -0.15) is 0 Å². The molecule has 3 aromatic rings. The van der Waals surface area contributed by atoms with E-state index in [1.165, 1.54) is 5.56 Å². The first-order valence-electron chi connectivity index (χ1n) is 8.34. The first-order chi connectivity index (χ1) is 12.2. The summed E-state index contributed by atoms with van der Waals surface area (Å²) in [6, 6.07) is 23.9. The molecular weight excluding hydrogens is 330 g/mol. The highest BCUT2D eigenvalue weighted by Crippen LogP contribution is 2.20. The summed E-state index contributed by atoms with van der Waals surface area (Å²) in [7, 11) is 0. The first kappa shape index (κ1) is 17.2. The molecule has 0 amide bonds. The van der Waals surface area contributed by atoms with Crippen LogP contribution < -0.4 is 4.74 Å². The molecule has 0 aliphatic carbocycles. The molecule has 0 saturated carbocycles. The second-order valence-corrected chi connectivity index (χ2v) is 6.17. The predicted molar refractivity (Wildman–Crippen MR) is 105 cm³/mol. The highest BCUT2D eigenvalue weighted by Gasteiger charge is 2.02. The molecular formula is C22H20ClNO. The van der Waals surface area contributed by atoms with Gasteiger partial charge in [0.25, 0.3) is 0 Å². The normalized spacial score (nSPS) is 11.0. The van der Waals surface area contributed by atoms with Gasteiger partial charge in [-0.3, -0.25) is 4.99 Å². The van der Waals surface area contributed by atoms with Gasteiger partial charge >= 0.3 is 0 Å². The van der Waals surface area contributed by atoms with Crippen molar-refractivity contribution in [1.82, 2.24) is 0 Å². The van der Waals surface area contributed by atoms with Gasteiger partial charge in [-0.05, 0) is 53.9 Å². The van der Waals surface area contributed by atoms with Crippen LogP contribution in [-0.4, -0.2) is 6.21 Å². The van der Waals surface area contributed by atoms with Gasteiger partial charge in [-0.1, -0.05) is 54.9 Å². The van der Waals surface area contributed by atoms with Crippen molar-refractivity contribution in [3.63, 3.8) is 0 Å². The summed E-state index contributed by atoms with van der Waals surface area (Å²) in [5.74, 6) is 0.811. The Kier molecular flexibility index (Phi) is 5.86. The van der Waals surface area contributed by atoms with Crippen molar-refractivity contribution in [3.05, 3.63) is 94.5 Å². The maximum atomic E-state index is 5.95. The zero-order valence-electron chi connectivity index (χ0n) is 14.2. The third kappa shape index (κ3) is 4.94. The molecule has 3 rings (SSSR count). The number of halogens is 1. The largest absolute Gasteiger partial charge is 0.488 e. The topological polar surface area (TPSA) is 21.6 Å². The van der Waals surface area contributed by atoms with Gasteiger partial charge in [0.15, 0.2) is 0 Å². The van der Waals surface area contributed by atoms with Gasteiger partial charge < -0.3 is 4.74 Å². The van der Waals surface area contributed by atoms with Crippen molar-refractivity contribution in [2.45, 2.75) is 20.0 Å². The van der Waals surface area contributed by atoms with Gasteiger partial charge in [0.2, 0.25) is 0 Å². The van der Waals surface area contributed by atoms with Crippen molar-refractivity contribution in [2.75, 3.05) is 0 Å². The van der Waals surface area contributed by atoms with E-state index in [2.05, 4.69) is 24.0 Å². The minimum atomic E-state index is 0.493. The number of benzene rings is 3. The number of hydrogen-bond donors (Lipinski definition) is 0. The number of para-hydroxylation sites is 1. The standard InChI is InChI=1S/C22H20ClNO/c1-2-17-9-13-21(14-10-17)24-15-19-5-3-4-6-22(19)25-16-18-7-11-20(23)12-8-18/h3-15H,2,16H2,1H3. The molecule has 0 spiro atoms. The number of ether oxygens (including phenoxy) is 1. The van der Waals surface area contributed by atoms with Crippen molar-refractivity contribution in [2.24, 2.45) is 4.99 Å². The van der Waals surface area contributed by atoms with E-state index in [4.69, 9.17) is 16.3 Å². The van der Waals surface area contributed by atoms with E-state index in [-0.39, 0.29) is 0 Å². The zero-order valence-corrected chi connectivity index (χ0v) is 14.9. The SMILES string of the molecule is CCc1ccc(N=Cc2ccccc2OCc2ccc(Cl)cc2)cc1. The summed E-state index contributed by atoms with van der Waals surface area (Å²) < 4.78 is 5.95. The highest BCUT2D eigenvalue weighted by molar-refractivity contribution is 6.30. The van der Waals surface area contributed by atoms with Crippen LogP contribution in [0.3, 0.4) is 0 Å². The fourth-order valence-corrected chi connectivity index (χ4v) is 2.55. The average molecular weight is 350 g/mol. The summed E-state index contributed by atoms with van der Waals surface area (Å²) in [5, 5.41) is 0.727. The van der Waals surface area contributed by atoms with Crippen LogP contribution in [0.5, 0.6) is 5.75 Å². The molecule has 2 nitrogen and oxygen atoms in total. The summed E-state index contributed by atoms with van der Waals surface area (Å²) in [4.78, 5) is 4.56. The molecule has 0 fully saturated rings. The fraction of sp³-hybridized carbons (Fsp3) is 0.136. The Balaban J connectivity index is 1.71. The highest BCUT2D eigenvalue weighted by atomic mass is 35.5. The Labute approximate surface area is 153 Å². The molecule has 0 heterocycles. The monoisotopic (exact) mass is 349 g/mol. The molecule has 0 unspecified atom stereocenters. The van der Waals surface area contributed by atoms with E-state index in [0.717, 1.165) is 34.0 Å². The van der Waals surface area contributed by atoms with Gasteiger partial charge in [-0.15, -0.1) is 0 Å². The smallest absolute Gasteiger partial charge is 0.128 e. The van der Waals surface area contributed by atoms with Crippen molar-refractivity contribution in [3.8, 4) is 5.75 Å². The van der Waals surface area contributed by atoms with E-state index >= 15 is 0 Å². The second-order valence-electron chi connectivity index (χ2n) is 5.73.